The van der Waals surface area contributed by atoms with Gasteiger partial charge in [-0.1, -0.05) is 26.8 Å². The normalized spacial score (nSPS) is 15.8. The third kappa shape index (κ3) is 6.19. The van der Waals surface area contributed by atoms with Crippen LogP contribution in [0.4, 0.5) is 0 Å². The third-order valence-corrected chi connectivity index (χ3v) is 6.53. The first kappa shape index (κ1) is 25.1. The molecule has 30 heavy (non-hydrogen) atoms. The zero-order valence-electron chi connectivity index (χ0n) is 19.1. The van der Waals surface area contributed by atoms with Gasteiger partial charge in [-0.2, -0.15) is 0 Å². The van der Waals surface area contributed by atoms with Crippen molar-refractivity contribution in [2.45, 2.75) is 78.2 Å². The molecule has 0 aliphatic heterocycles. The topological polar surface area (TPSA) is 74.3 Å². The van der Waals surface area contributed by atoms with Gasteiger partial charge in [0.05, 0.1) is 11.6 Å². The standard InChI is InChI=1S/C23H33BrN2O3S/c1-15(2)29-20(27)23(14-21(3,4)5,26-30(28)22(6,7)8)17-9-10-19-16(11-17)12-18(24)13-25-19/h9-13,15,26H,14H2,1-8H3/t23?,30-/m0/s1. The van der Waals surface area contributed by atoms with Crippen LogP contribution in [0.3, 0.4) is 0 Å². The Hall–Kier alpha value is -1.15. The maximum Gasteiger partial charge on any atom is 0.335 e. The summed E-state index contributed by atoms with van der Waals surface area (Å²) in [6, 6.07) is 7.66. The molecule has 0 saturated carbocycles. The van der Waals surface area contributed by atoms with Gasteiger partial charge in [-0.25, -0.2) is 4.79 Å². The summed E-state index contributed by atoms with van der Waals surface area (Å²) in [7, 11) is 0. The van der Waals surface area contributed by atoms with E-state index in [0.717, 1.165) is 15.4 Å². The van der Waals surface area contributed by atoms with Crippen molar-refractivity contribution < 1.29 is 14.1 Å². The molecular weight excluding hydrogens is 464 g/mol. The van der Waals surface area contributed by atoms with Crippen molar-refractivity contribution in [2.24, 2.45) is 5.41 Å². The fourth-order valence-corrected chi connectivity index (χ4v) is 4.47. The zero-order valence-corrected chi connectivity index (χ0v) is 21.5. The van der Waals surface area contributed by atoms with Gasteiger partial charge in [-0.15, -0.1) is 4.72 Å². The molecule has 2 atom stereocenters. The molecule has 0 aliphatic carbocycles. The Kier molecular flexibility index (Phi) is 7.66. The molecule has 0 spiro atoms. The highest BCUT2D eigenvalue weighted by Gasteiger charge is 2.50. The van der Waals surface area contributed by atoms with Crippen LogP contribution in [0, 0.1) is 5.41 Å². The molecule has 0 bridgehead atoms. The number of carbonyl (C=O) groups excluding carboxylic acids is 1. The van der Waals surface area contributed by atoms with Crippen LogP contribution in [0.15, 0.2) is 34.9 Å². The minimum Gasteiger partial charge on any atom is -0.598 e. The summed E-state index contributed by atoms with van der Waals surface area (Å²) >= 11 is 1.97. The molecule has 1 unspecified atom stereocenters. The number of hydrogen-bond donors (Lipinski definition) is 1. The smallest absolute Gasteiger partial charge is 0.335 e. The van der Waals surface area contributed by atoms with Crippen LogP contribution in [0.2, 0.25) is 0 Å². The van der Waals surface area contributed by atoms with Crippen molar-refractivity contribution in [2.75, 3.05) is 0 Å². The lowest BCUT2D eigenvalue weighted by molar-refractivity contribution is -0.156. The molecule has 2 aromatic rings. The van der Waals surface area contributed by atoms with Crippen LogP contribution >= 0.6 is 15.9 Å². The number of nitrogens with zero attached hydrogens (tertiary/aromatic N) is 1. The zero-order chi connectivity index (χ0) is 22.9. The van der Waals surface area contributed by atoms with Crippen LogP contribution < -0.4 is 4.72 Å². The highest BCUT2D eigenvalue weighted by atomic mass is 79.9. The highest BCUT2D eigenvalue weighted by Crippen LogP contribution is 2.39. The number of rotatable bonds is 6. The quantitative estimate of drug-likeness (QED) is 0.414. The Morgan fingerprint density at radius 3 is 2.37 bits per heavy atom. The number of halogens is 1. The molecule has 1 N–H and O–H groups in total. The summed E-state index contributed by atoms with van der Waals surface area (Å²) in [4.78, 5) is 18.0. The van der Waals surface area contributed by atoms with Gasteiger partial charge in [0.15, 0.2) is 5.54 Å². The highest BCUT2D eigenvalue weighted by molar-refractivity contribution is 9.10. The first-order valence-electron chi connectivity index (χ1n) is 10.1. The van der Waals surface area contributed by atoms with E-state index in [0.29, 0.717) is 12.0 Å². The molecule has 0 aliphatic rings. The lowest BCUT2D eigenvalue weighted by Gasteiger charge is -2.39. The number of nitrogens with one attached hydrogen (secondary N) is 1. The van der Waals surface area contributed by atoms with Crippen molar-refractivity contribution in [1.29, 1.82) is 0 Å². The Balaban J connectivity index is 2.74. The second-order valence-electron chi connectivity index (χ2n) is 10.1. The van der Waals surface area contributed by atoms with Gasteiger partial charge in [0.1, 0.15) is 4.75 Å². The second kappa shape index (κ2) is 9.15. The van der Waals surface area contributed by atoms with Gasteiger partial charge >= 0.3 is 5.97 Å². The molecular formula is C23H33BrN2O3S. The molecule has 1 aromatic heterocycles. The molecule has 0 fully saturated rings. The van der Waals surface area contributed by atoms with E-state index >= 15 is 0 Å². The van der Waals surface area contributed by atoms with Crippen LogP contribution in [0.25, 0.3) is 10.9 Å². The van der Waals surface area contributed by atoms with Crippen LogP contribution in [0.1, 0.15) is 67.4 Å². The number of aromatic nitrogens is 1. The maximum atomic E-state index is 13.6. The fourth-order valence-electron chi connectivity index (χ4n) is 3.22. The van der Waals surface area contributed by atoms with Gasteiger partial charge in [0.2, 0.25) is 0 Å². The SMILES string of the molecule is CC(C)OC(=O)C(CC(C)(C)C)(N[S@@+]([O-])C(C)(C)C)c1ccc2ncc(Br)cc2c1. The van der Waals surface area contributed by atoms with E-state index in [1.54, 1.807) is 6.20 Å². The average molecular weight is 497 g/mol. The van der Waals surface area contributed by atoms with Gasteiger partial charge in [-0.3, -0.25) is 4.98 Å². The monoisotopic (exact) mass is 496 g/mol. The Bertz CT molecular complexity index is 905. The fraction of sp³-hybridized carbons (Fsp3) is 0.565. The van der Waals surface area contributed by atoms with Crippen LogP contribution in [0.5, 0.6) is 0 Å². The lowest BCUT2D eigenvalue weighted by atomic mass is 9.76. The van der Waals surface area contributed by atoms with Gasteiger partial charge < -0.3 is 9.29 Å². The van der Waals surface area contributed by atoms with E-state index in [1.807, 2.05) is 58.9 Å². The number of esters is 1. The van der Waals surface area contributed by atoms with Gasteiger partial charge in [-0.05, 0) is 86.1 Å². The summed E-state index contributed by atoms with van der Waals surface area (Å²) < 4.78 is 22.4. The van der Waals surface area contributed by atoms with E-state index < -0.39 is 27.6 Å². The molecule has 5 nitrogen and oxygen atoms in total. The average Bonchev–Trinajstić information content (AvgIpc) is 2.57. The second-order valence-corrected chi connectivity index (χ2v) is 13.0. The third-order valence-electron chi connectivity index (χ3n) is 4.45. The molecule has 1 heterocycles. The summed E-state index contributed by atoms with van der Waals surface area (Å²) in [5.74, 6) is -0.424. The van der Waals surface area contributed by atoms with Crippen molar-refractivity contribution in [3.63, 3.8) is 0 Å². The van der Waals surface area contributed by atoms with Crippen molar-refractivity contribution in [3.8, 4) is 0 Å². The van der Waals surface area contributed by atoms with Crippen LogP contribution in [-0.4, -0.2) is 26.4 Å². The predicted molar refractivity (Wildman–Crippen MR) is 127 cm³/mol. The number of benzene rings is 1. The largest absolute Gasteiger partial charge is 0.598 e. The van der Waals surface area contributed by atoms with E-state index in [-0.39, 0.29) is 11.5 Å². The molecule has 0 saturated heterocycles. The van der Waals surface area contributed by atoms with Crippen molar-refractivity contribution in [1.82, 2.24) is 9.71 Å². The molecule has 7 heteroatoms. The molecule has 2 rings (SSSR count). The Morgan fingerprint density at radius 1 is 1.20 bits per heavy atom. The number of carbonyl (C=O) groups is 1. The minimum atomic E-state index is -1.49. The van der Waals surface area contributed by atoms with E-state index in [2.05, 4.69) is 46.4 Å². The first-order valence-corrected chi connectivity index (χ1v) is 12.0. The van der Waals surface area contributed by atoms with E-state index in [4.69, 9.17) is 4.74 Å². The summed E-state index contributed by atoms with van der Waals surface area (Å²) in [6.07, 6.45) is 1.86. The van der Waals surface area contributed by atoms with Gasteiger partial charge in [0.25, 0.3) is 0 Å². The summed E-state index contributed by atoms with van der Waals surface area (Å²) in [5, 5.41) is 0.890. The number of pyridine rings is 1. The Morgan fingerprint density at radius 2 is 1.83 bits per heavy atom. The van der Waals surface area contributed by atoms with Gasteiger partial charge in [0, 0.05) is 27.4 Å². The number of hydrogen-bond acceptors (Lipinski definition) is 5. The number of ether oxygens (including phenoxy) is 1. The molecule has 0 radical (unpaired) electrons. The van der Waals surface area contributed by atoms with E-state index in [1.165, 1.54) is 0 Å². The Labute approximate surface area is 191 Å². The van der Waals surface area contributed by atoms with Crippen molar-refractivity contribution >= 4 is 44.2 Å². The molecule has 166 valence electrons. The van der Waals surface area contributed by atoms with E-state index in [9.17, 15) is 9.35 Å². The number of fused-ring (bicyclic) bond motifs is 1. The molecule has 1 aromatic carbocycles. The van der Waals surface area contributed by atoms with Crippen molar-refractivity contribution in [3.05, 3.63) is 40.5 Å². The summed E-state index contributed by atoms with van der Waals surface area (Å²) in [6.45, 7) is 15.5. The van der Waals surface area contributed by atoms with Crippen LogP contribution in [-0.2, 0) is 26.4 Å². The minimum absolute atomic E-state index is 0.241. The predicted octanol–water partition coefficient (Wildman–Crippen LogP) is 5.63. The molecule has 0 amide bonds. The summed E-state index contributed by atoms with van der Waals surface area (Å²) in [5.41, 5.74) is 0.0288. The first-order chi connectivity index (χ1) is 13.6. The lowest BCUT2D eigenvalue weighted by Crippen LogP contribution is -2.58. The maximum absolute atomic E-state index is 13.6.